The van der Waals surface area contributed by atoms with Crippen molar-refractivity contribution in [1.82, 2.24) is 47.0 Å². The number of phenols is 1. The fourth-order valence-electron chi connectivity index (χ4n) is 9.19. The van der Waals surface area contributed by atoms with Gasteiger partial charge in [0, 0.05) is 64.3 Å². The maximum atomic E-state index is 14.7. The highest BCUT2D eigenvalue weighted by Crippen LogP contribution is 2.44. The van der Waals surface area contributed by atoms with Gasteiger partial charge >= 0.3 is 22.8 Å². The summed E-state index contributed by atoms with van der Waals surface area (Å²) >= 11 is 0. The molecule has 0 saturated carbocycles. The number of hydrogen-bond donors (Lipinski definition) is 1. The number of nitrogens with zero attached hydrogens (tertiary/aromatic N) is 10. The second-order valence-corrected chi connectivity index (χ2v) is 15.9. The number of methoxy groups -OCH3 is 6. The molecule has 23 nitrogen and oxygen atoms in total. The van der Waals surface area contributed by atoms with Gasteiger partial charge in [-0.3, -0.25) is 9.59 Å². The van der Waals surface area contributed by atoms with E-state index in [9.17, 15) is 33.9 Å². The van der Waals surface area contributed by atoms with Crippen molar-refractivity contribution in [3.63, 3.8) is 0 Å². The minimum absolute atomic E-state index is 0.00740. The molecule has 0 fully saturated rings. The van der Waals surface area contributed by atoms with Gasteiger partial charge in [-0.1, -0.05) is 6.08 Å². The van der Waals surface area contributed by atoms with Crippen LogP contribution in [0.25, 0.3) is 22.1 Å². The SMILES string of the molecule is COc1cc2nc(CCn3c(=O)n4n(c3=O)C3Cn5c(=O)n(CCc6nc7cc(OC)c(OC)cc7n(C)c6=O)c(=O)n5C(c5cc(OC)c(O)c(OC)c5)C3=CC4)c(=O)n(C)c2cc1OC. The number of phenolic OH excluding ortho intramolecular Hbond substituents is 1. The Bertz CT molecular complexity index is 3580. The standard InChI is InChI=1S/C44H46N10O13/c1-47-28-19-33(64-5)31(62-3)17-26(28)45-24(39(47)56)10-12-49-41(58)51-14-9-23-30(53(51)43(49)60)21-52-42(59)50(44(61)54(52)37(23)22-15-35(66-7)38(55)36(16-22)67-8)13-11-25-40(57)48(2)29-20-34(65-6)32(63-4)18-27(29)46-25/h9,15-20,30,37,55H,10-14,21H2,1-8H3. The van der Waals surface area contributed by atoms with Crippen LogP contribution in [0.5, 0.6) is 40.2 Å². The van der Waals surface area contributed by atoms with E-state index >= 15 is 0 Å². The summed E-state index contributed by atoms with van der Waals surface area (Å²) in [7, 11) is 11.7. The van der Waals surface area contributed by atoms with Crippen molar-refractivity contribution in [3.8, 4) is 40.2 Å². The van der Waals surface area contributed by atoms with E-state index in [0.717, 1.165) is 9.13 Å². The van der Waals surface area contributed by atoms with E-state index in [1.807, 2.05) is 0 Å². The molecule has 6 heterocycles. The Kier molecular flexibility index (Phi) is 10.9. The van der Waals surface area contributed by atoms with Crippen LogP contribution in [-0.2, 0) is 53.1 Å². The van der Waals surface area contributed by atoms with E-state index in [0.29, 0.717) is 56.2 Å². The second kappa shape index (κ2) is 16.6. The number of aryl methyl sites for hydroxylation is 4. The molecule has 0 bridgehead atoms. The number of allylic oxidation sites excluding steroid dienone is 2. The first-order valence-electron chi connectivity index (χ1n) is 20.9. The molecule has 2 atom stereocenters. The fourth-order valence-corrected chi connectivity index (χ4v) is 9.19. The molecule has 67 heavy (non-hydrogen) atoms. The molecule has 350 valence electrons. The summed E-state index contributed by atoms with van der Waals surface area (Å²) in [6, 6.07) is 7.42. The molecule has 23 heteroatoms. The van der Waals surface area contributed by atoms with Gasteiger partial charge in [0.15, 0.2) is 34.5 Å². The van der Waals surface area contributed by atoms with Crippen LogP contribution in [0, 0.1) is 0 Å². The van der Waals surface area contributed by atoms with Crippen LogP contribution < -0.4 is 62.3 Å². The van der Waals surface area contributed by atoms with Gasteiger partial charge in [0.25, 0.3) is 11.1 Å². The van der Waals surface area contributed by atoms with Crippen LogP contribution in [0.1, 0.15) is 29.0 Å². The maximum Gasteiger partial charge on any atom is 0.348 e. The maximum absolute atomic E-state index is 14.7. The molecule has 2 aliphatic rings. The molecule has 2 aliphatic heterocycles. The average molecular weight is 923 g/mol. The van der Waals surface area contributed by atoms with E-state index in [4.69, 9.17) is 28.4 Å². The Morgan fingerprint density at radius 3 is 1.46 bits per heavy atom. The van der Waals surface area contributed by atoms with E-state index in [2.05, 4.69) is 9.97 Å². The third kappa shape index (κ3) is 6.78. The summed E-state index contributed by atoms with van der Waals surface area (Å²) in [5.74, 6) is 1.30. The molecular formula is C44H46N10O13. The largest absolute Gasteiger partial charge is 0.502 e. The van der Waals surface area contributed by atoms with Crippen molar-refractivity contribution in [2.45, 2.75) is 51.1 Å². The molecule has 2 unspecified atom stereocenters. The van der Waals surface area contributed by atoms with Crippen LogP contribution in [0.3, 0.4) is 0 Å². The van der Waals surface area contributed by atoms with Crippen molar-refractivity contribution in [3.05, 3.63) is 128 Å². The lowest BCUT2D eigenvalue weighted by Gasteiger charge is -2.37. The van der Waals surface area contributed by atoms with Gasteiger partial charge in [-0.15, -0.1) is 0 Å². The summed E-state index contributed by atoms with van der Waals surface area (Å²) in [5, 5.41) is 10.9. The Morgan fingerprint density at radius 1 is 0.567 bits per heavy atom. The van der Waals surface area contributed by atoms with Gasteiger partial charge in [-0.05, 0) is 23.3 Å². The van der Waals surface area contributed by atoms with E-state index in [1.54, 1.807) is 44.4 Å². The number of fused-ring (bicyclic) bond motifs is 6. The predicted octanol–water partition coefficient (Wildman–Crippen LogP) is 0.457. The first kappa shape index (κ1) is 44.0. The van der Waals surface area contributed by atoms with Gasteiger partial charge in [0.05, 0.1) is 83.9 Å². The van der Waals surface area contributed by atoms with Crippen LogP contribution in [0.2, 0.25) is 0 Å². The lowest BCUT2D eigenvalue weighted by atomic mass is 9.90. The Labute approximate surface area is 377 Å². The van der Waals surface area contributed by atoms with E-state index in [1.165, 1.54) is 82.7 Å². The number of aromatic nitrogens is 10. The third-order valence-electron chi connectivity index (χ3n) is 12.6. The predicted molar refractivity (Wildman–Crippen MR) is 240 cm³/mol. The summed E-state index contributed by atoms with van der Waals surface area (Å²) in [6.07, 6.45) is 1.51. The van der Waals surface area contributed by atoms with Crippen LogP contribution in [0.15, 0.2) is 76.8 Å². The van der Waals surface area contributed by atoms with Crippen molar-refractivity contribution in [1.29, 1.82) is 0 Å². The molecule has 9 rings (SSSR count). The topological polar surface area (TPSA) is 243 Å². The average Bonchev–Trinajstić information content (AvgIpc) is 3.73. The second-order valence-electron chi connectivity index (χ2n) is 15.9. The molecule has 1 N–H and O–H groups in total. The van der Waals surface area contributed by atoms with E-state index in [-0.39, 0.29) is 67.7 Å². The lowest BCUT2D eigenvalue weighted by Crippen LogP contribution is -2.47. The minimum Gasteiger partial charge on any atom is -0.502 e. The molecule has 3 aromatic carbocycles. The Balaban J connectivity index is 1.12. The fraction of sp³-hybridized carbons (Fsp3) is 0.364. The van der Waals surface area contributed by atoms with E-state index < -0.39 is 46.0 Å². The number of benzene rings is 3. The molecular weight excluding hydrogens is 877 g/mol. The molecule has 0 spiro atoms. The Morgan fingerprint density at radius 2 is 1.00 bits per heavy atom. The number of aromatic hydroxyl groups is 1. The van der Waals surface area contributed by atoms with Crippen molar-refractivity contribution >= 4 is 22.1 Å². The molecule has 7 aromatic rings. The lowest BCUT2D eigenvalue weighted by molar-refractivity contribution is 0.245. The summed E-state index contributed by atoms with van der Waals surface area (Å²) in [5.41, 5.74) is -0.946. The number of ether oxygens (including phenoxy) is 6. The molecule has 0 aliphatic carbocycles. The van der Waals surface area contributed by atoms with Gasteiger partial charge in [-0.25, -0.2) is 57.0 Å². The third-order valence-corrected chi connectivity index (χ3v) is 12.6. The highest BCUT2D eigenvalue weighted by Gasteiger charge is 2.42. The van der Waals surface area contributed by atoms with Gasteiger partial charge in [0.2, 0.25) is 5.75 Å². The monoisotopic (exact) mass is 922 g/mol. The van der Waals surface area contributed by atoms with Crippen LogP contribution >= 0.6 is 0 Å². The van der Waals surface area contributed by atoms with Crippen LogP contribution in [0.4, 0.5) is 0 Å². The van der Waals surface area contributed by atoms with Crippen LogP contribution in [-0.4, -0.2) is 94.7 Å². The molecule has 0 radical (unpaired) electrons. The zero-order chi connectivity index (χ0) is 47.7. The summed E-state index contributed by atoms with van der Waals surface area (Å²) < 4.78 is 42.4. The highest BCUT2D eigenvalue weighted by atomic mass is 16.5. The number of hydrogen-bond acceptors (Lipinski definition) is 15. The zero-order valence-electron chi connectivity index (χ0n) is 37.8. The normalized spacial score (nSPS) is 15.2. The summed E-state index contributed by atoms with van der Waals surface area (Å²) in [6.45, 7) is -0.823. The van der Waals surface area contributed by atoms with Gasteiger partial charge in [0.1, 0.15) is 17.4 Å². The minimum atomic E-state index is -1.10. The van der Waals surface area contributed by atoms with Crippen molar-refractivity contribution in [2.75, 3.05) is 42.7 Å². The molecule has 0 amide bonds. The van der Waals surface area contributed by atoms with Gasteiger partial charge in [-0.2, -0.15) is 0 Å². The number of rotatable bonds is 13. The quantitative estimate of drug-likeness (QED) is 0.155. The smallest absolute Gasteiger partial charge is 0.348 e. The van der Waals surface area contributed by atoms with Crippen molar-refractivity contribution < 1.29 is 33.5 Å². The molecule has 4 aromatic heterocycles. The highest BCUT2D eigenvalue weighted by molar-refractivity contribution is 5.80. The first-order chi connectivity index (χ1) is 32.2. The van der Waals surface area contributed by atoms with Gasteiger partial charge < -0.3 is 42.7 Å². The Hall–Kier alpha value is -8.24. The summed E-state index contributed by atoms with van der Waals surface area (Å²) in [4.78, 5) is 94.2. The zero-order valence-corrected chi connectivity index (χ0v) is 37.8. The van der Waals surface area contributed by atoms with Crippen molar-refractivity contribution in [2.24, 2.45) is 14.1 Å². The first-order valence-corrected chi connectivity index (χ1v) is 20.9. The molecule has 0 saturated heterocycles.